The van der Waals surface area contributed by atoms with Crippen molar-refractivity contribution in [2.45, 2.75) is 14.7 Å². The Labute approximate surface area is 349 Å². The van der Waals surface area contributed by atoms with Crippen molar-refractivity contribution in [1.82, 2.24) is 0 Å². The van der Waals surface area contributed by atoms with Crippen molar-refractivity contribution < 1.29 is 59.3 Å². The smallest absolute Gasteiger partial charge is 0.296 e. The molecule has 24 heteroatoms. The quantitative estimate of drug-likeness (QED) is 0.0268. The van der Waals surface area contributed by atoms with Gasteiger partial charge >= 0.3 is 0 Å². The summed E-state index contributed by atoms with van der Waals surface area (Å²) in [6, 6.07) is 22.6. The Bertz CT molecular complexity index is 3440. The van der Waals surface area contributed by atoms with Crippen LogP contribution >= 0.6 is 0 Å². The van der Waals surface area contributed by atoms with E-state index in [1.54, 1.807) is 24.3 Å². The van der Waals surface area contributed by atoms with Gasteiger partial charge in [0.1, 0.15) is 48.9 Å². The van der Waals surface area contributed by atoms with Gasteiger partial charge in [0.15, 0.2) is 11.5 Å². The minimum absolute atomic E-state index is 0.113. The van der Waals surface area contributed by atoms with E-state index in [4.69, 9.17) is 11.5 Å². The molecule has 0 aliphatic carbocycles. The third-order valence-electron chi connectivity index (χ3n) is 9.04. The first-order chi connectivity index (χ1) is 29.1. The Morgan fingerprint density at radius 1 is 0.452 bits per heavy atom. The maximum absolute atomic E-state index is 12.5. The molecule has 0 saturated carbocycles. The van der Waals surface area contributed by atoms with E-state index >= 15 is 0 Å². The van der Waals surface area contributed by atoms with Crippen LogP contribution in [0, 0.1) is 0 Å². The van der Waals surface area contributed by atoms with Crippen molar-refractivity contribution in [1.29, 1.82) is 0 Å². The van der Waals surface area contributed by atoms with E-state index in [1.165, 1.54) is 42.5 Å². The van der Waals surface area contributed by atoms with Gasteiger partial charge in [-0.3, -0.25) is 13.7 Å². The van der Waals surface area contributed by atoms with Gasteiger partial charge in [0.2, 0.25) is 0 Å². The fourth-order valence-corrected chi connectivity index (χ4v) is 8.11. The number of fused-ring (bicyclic) bond motifs is 2. The third-order valence-corrected chi connectivity index (χ3v) is 11.6. The molecule has 0 amide bonds. The van der Waals surface area contributed by atoms with Gasteiger partial charge in [-0.05, 0) is 94.7 Å². The molecule has 7 aromatic rings. The molecule has 0 saturated heterocycles. The first-order valence-corrected chi connectivity index (χ1v) is 21.5. The molecule has 0 atom stereocenters. The lowest BCUT2D eigenvalue weighted by Gasteiger charge is -2.14. The molecule has 7 aromatic carbocycles. The number of rotatable bonds is 10. The number of nitrogen functional groups attached to an aromatic ring is 2. The Kier molecular flexibility index (Phi) is 10.8. The molecule has 316 valence electrons. The average Bonchev–Trinajstić information content (AvgIpc) is 3.19. The first kappa shape index (κ1) is 42.5. The molecule has 0 fully saturated rings. The fourth-order valence-electron chi connectivity index (χ4n) is 6.12. The summed E-state index contributed by atoms with van der Waals surface area (Å²) in [5.74, 6) is -2.37. The molecule has 0 bridgehead atoms. The average molecular weight is 901 g/mol. The van der Waals surface area contributed by atoms with Crippen LogP contribution in [0.3, 0.4) is 0 Å². The highest BCUT2D eigenvalue weighted by Crippen LogP contribution is 2.49. The number of phenols is 4. The molecule has 11 N–H and O–H groups in total. The minimum Gasteiger partial charge on any atom is -0.508 e. The number of hydrogen-bond acceptors (Lipinski definition) is 18. The minimum atomic E-state index is -5.19. The molecule has 21 nitrogen and oxygen atoms in total. The van der Waals surface area contributed by atoms with Gasteiger partial charge in [-0.15, -0.1) is 20.5 Å². The van der Waals surface area contributed by atoms with Crippen LogP contribution in [0.5, 0.6) is 23.0 Å². The van der Waals surface area contributed by atoms with Gasteiger partial charge in [0.25, 0.3) is 30.4 Å². The number of azo groups is 3. The zero-order valence-electron chi connectivity index (χ0n) is 31.0. The number of nitrogens with zero attached hydrogens (tertiary/aromatic N) is 6. The SMILES string of the molecule is Nc1ccc2c(O)c(N=Nc3ccc(-c4ccc(N=Nc5c(S(=O)(=O)O)cc6cc(S(=O)(=O)O)c(N=Nc7cc(O)ccc7O)c(N)c6c5O)cc4)cc3)c(S(=O)(=O)O)cc2c1. The summed E-state index contributed by atoms with van der Waals surface area (Å²) in [5.41, 5.74) is 10.8. The van der Waals surface area contributed by atoms with Crippen LogP contribution in [0.4, 0.5) is 45.5 Å². The predicted molar refractivity (Wildman–Crippen MR) is 224 cm³/mol. The summed E-state index contributed by atoms with van der Waals surface area (Å²) < 4.78 is 104. The van der Waals surface area contributed by atoms with Gasteiger partial charge < -0.3 is 31.9 Å². The fraction of sp³-hybridized carbons (Fsp3) is 0. The molecule has 0 aliphatic heterocycles. The molecule has 0 unspecified atom stereocenters. The standard InChI is InChI=1S/C38H28N8O13S3/c39-22-5-11-26-20(13-22)14-30(61(54,55)56)35(37(26)49)45-41-23-6-1-18(2-7-23)19-3-8-24(9-4-19)42-46-36-31(62(57,58)59)16-21-15-29(60(51,52)53)34(33(40)32(21)38(36)50)44-43-27-17-25(47)10-12-28(27)48/h1-17,47-50H,39-40H2,(H,51,52,53)(H,54,55,56)(H,57,58,59). The van der Waals surface area contributed by atoms with E-state index in [0.717, 1.165) is 30.3 Å². The number of nitrogens with two attached hydrogens (primary N) is 2. The number of aromatic hydroxyl groups is 4. The predicted octanol–water partition coefficient (Wildman–Crippen LogP) is 8.63. The van der Waals surface area contributed by atoms with Crippen LogP contribution in [0.25, 0.3) is 32.7 Å². The number of anilines is 2. The van der Waals surface area contributed by atoms with Crippen molar-refractivity contribution >= 4 is 97.4 Å². The lowest BCUT2D eigenvalue weighted by atomic mass is 10.0. The second kappa shape index (κ2) is 15.8. The van der Waals surface area contributed by atoms with Crippen LogP contribution < -0.4 is 11.5 Å². The highest BCUT2D eigenvalue weighted by Gasteiger charge is 2.28. The second-order valence-corrected chi connectivity index (χ2v) is 17.3. The van der Waals surface area contributed by atoms with Crippen molar-refractivity contribution in [3.8, 4) is 34.1 Å². The molecule has 0 aromatic heterocycles. The Morgan fingerprint density at radius 3 is 1.44 bits per heavy atom. The third kappa shape index (κ3) is 8.53. The number of hydrogen-bond donors (Lipinski definition) is 9. The summed E-state index contributed by atoms with van der Waals surface area (Å²) in [6.45, 7) is 0. The lowest BCUT2D eigenvalue weighted by Crippen LogP contribution is -2.03. The summed E-state index contributed by atoms with van der Waals surface area (Å²) in [7, 11) is -15.2. The van der Waals surface area contributed by atoms with Gasteiger partial charge in [0, 0.05) is 17.1 Å². The number of benzene rings is 7. The lowest BCUT2D eigenvalue weighted by molar-refractivity contribution is 0.461. The van der Waals surface area contributed by atoms with Crippen LogP contribution in [0.1, 0.15) is 0 Å². The zero-order valence-corrected chi connectivity index (χ0v) is 33.4. The maximum Gasteiger partial charge on any atom is 0.296 e. The summed E-state index contributed by atoms with van der Waals surface area (Å²) in [6.07, 6.45) is 0. The van der Waals surface area contributed by atoms with E-state index in [2.05, 4.69) is 30.7 Å². The van der Waals surface area contributed by atoms with Crippen molar-refractivity contribution in [3.63, 3.8) is 0 Å². The Morgan fingerprint density at radius 2 is 0.919 bits per heavy atom. The van der Waals surface area contributed by atoms with Gasteiger partial charge in [0.05, 0.1) is 22.4 Å². The van der Waals surface area contributed by atoms with E-state index < -0.39 is 95.8 Å². The molecular formula is C38H28N8O13S3. The van der Waals surface area contributed by atoms with E-state index in [1.807, 2.05) is 0 Å². The topological polar surface area (TPSA) is 370 Å². The summed E-state index contributed by atoms with van der Waals surface area (Å²) in [5, 5.41) is 64.8. The van der Waals surface area contributed by atoms with Crippen molar-refractivity contribution in [2.75, 3.05) is 11.5 Å². The molecular weight excluding hydrogens is 873 g/mol. The molecule has 0 heterocycles. The van der Waals surface area contributed by atoms with E-state index in [9.17, 15) is 59.3 Å². The summed E-state index contributed by atoms with van der Waals surface area (Å²) >= 11 is 0. The van der Waals surface area contributed by atoms with Crippen molar-refractivity contribution in [3.05, 3.63) is 103 Å². The van der Waals surface area contributed by atoms with Crippen LogP contribution in [0.15, 0.2) is 149 Å². The van der Waals surface area contributed by atoms with Crippen LogP contribution in [-0.2, 0) is 30.4 Å². The largest absolute Gasteiger partial charge is 0.508 e. The highest BCUT2D eigenvalue weighted by atomic mass is 32.2. The van der Waals surface area contributed by atoms with Gasteiger partial charge in [-0.2, -0.15) is 35.5 Å². The monoisotopic (exact) mass is 900 g/mol. The van der Waals surface area contributed by atoms with E-state index in [0.29, 0.717) is 22.9 Å². The molecule has 7 rings (SSSR count). The normalized spacial score (nSPS) is 12.7. The molecule has 0 radical (unpaired) electrons. The van der Waals surface area contributed by atoms with Crippen molar-refractivity contribution in [2.24, 2.45) is 30.7 Å². The second-order valence-electron chi connectivity index (χ2n) is 13.2. The zero-order chi connectivity index (χ0) is 44.9. The Balaban J connectivity index is 1.20. The highest BCUT2D eigenvalue weighted by molar-refractivity contribution is 7.86. The maximum atomic E-state index is 12.5. The van der Waals surface area contributed by atoms with Gasteiger partial charge in [-0.25, -0.2) is 0 Å². The Hall–Kier alpha value is -7.61. The summed E-state index contributed by atoms with van der Waals surface area (Å²) in [4.78, 5) is -2.70. The van der Waals surface area contributed by atoms with Crippen LogP contribution in [-0.4, -0.2) is 59.3 Å². The first-order valence-electron chi connectivity index (χ1n) is 17.2. The van der Waals surface area contributed by atoms with E-state index in [-0.39, 0.29) is 33.6 Å². The molecule has 62 heavy (non-hydrogen) atoms. The van der Waals surface area contributed by atoms with Crippen LogP contribution in [0.2, 0.25) is 0 Å². The number of phenolic OH excluding ortho intramolecular Hbond substituents is 4. The molecule has 0 aliphatic rings. The van der Waals surface area contributed by atoms with Gasteiger partial charge in [-0.1, -0.05) is 24.3 Å². The molecule has 0 spiro atoms.